The fourth-order valence-electron chi connectivity index (χ4n) is 2.76. The average molecular weight is 313 g/mol. The summed E-state index contributed by atoms with van der Waals surface area (Å²) >= 11 is 0. The van der Waals surface area contributed by atoms with Crippen molar-refractivity contribution in [1.29, 1.82) is 0 Å². The van der Waals surface area contributed by atoms with E-state index < -0.39 is 10.0 Å². The molecule has 0 atom stereocenters. The first-order valence-electron chi connectivity index (χ1n) is 7.38. The Labute approximate surface area is 125 Å². The molecule has 0 spiro atoms. The highest BCUT2D eigenvalue weighted by Gasteiger charge is 2.20. The second kappa shape index (κ2) is 6.21. The number of hydrogen-bond donors (Lipinski definition) is 2. The maximum atomic E-state index is 12.3. The topological polar surface area (TPSA) is 69.1 Å². The van der Waals surface area contributed by atoms with Crippen LogP contribution in [-0.2, 0) is 10.0 Å². The van der Waals surface area contributed by atoms with Crippen molar-refractivity contribution in [2.75, 3.05) is 39.4 Å². The molecule has 1 aromatic carbocycles. The molecule has 2 heterocycles. The molecule has 0 bridgehead atoms. The van der Waals surface area contributed by atoms with Gasteiger partial charge in [-0.2, -0.15) is 0 Å². The second-order valence-corrected chi connectivity index (χ2v) is 7.18. The lowest BCUT2D eigenvalue weighted by Crippen LogP contribution is -3.10. The lowest BCUT2D eigenvalue weighted by atomic mass is 10.3. The maximum Gasteiger partial charge on any atom is 0.240 e. The summed E-state index contributed by atoms with van der Waals surface area (Å²) in [4.78, 5) is 1.70. The Morgan fingerprint density at radius 3 is 2.57 bits per heavy atom. The summed E-state index contributed by atoms with van der Waals surface area (Å²) in [5.41, 5.74) is 0. The van der Waals surface area contributed by atoms with Crippen molar-refractivity contribution in [3.63, 3.8) is 0 Å². The lowest BCUT2D eigenvalue weighted by Gasteiger charge is -2.19. The Morgan fingerprint density at radius 1 is 1.10 bits per heavy atom. The predicted molar refractivity (Wildman–Crippen MR) is 77.4 cm³/mol. The average Bonchev–Trinajstić information content (AvgIpc) is 3.00. The van der Waals surface area contributed by atoms with Gasteiger partial charge in [-0.3, -0.25) is 0 Å². The van der Waals surface area contributed by atoms with Gasteiger partial charge >= 0.3 is 0 Å². The van der Waals surface area contributed by atoms with E-state index in [0.717, 1.165) is 19.6 Å². The highest BCUT2D eigenvalue weighted by molar-refractivity contribution is 7.89. The minimum absolute atomic E-state index is 0.225. The van der Waals surface area contributed by atoms with Crippen LogP contribution in [0.3, 0.4) is 0 Å². The van der Waals surface area contributed by atoms with Gasteiger partial charge in [0, 0.05) is 18.9 Å². The fourth-order valence-corrected chi connectivity index (χ4v) is 3.81. The molecular formula is C14H21N2O4S+. The Kier molecular flexibility index (Phi) is 4.32. The number of likely N-dealkylation sites (tertiary alicyclic amines) is 1. The van der Waals surface area contributed by atoms with Crippen LogP contribution in [0.25, 0.3) is 0 Å². The second-order valence-electron chi connectivity index (χ2n) is 5.41. The van der Waals surface area contributed by atoms with Gasteiger partial charge in [0.05, 0.1) is 31.1 Å². The third kappa shape index (κ3) is 3.48. The summed E-state index contributed by atoms with van der Waals surface area (Å²) in [6.07, 6.45) is 2.48. The van der Waals surface area contributed by atoms with Crippen LogP contribution in [0.2, 0.25) is 0 Å². The zero-order chi connectivity index (χ0) is 14.7. The molecule has 0 amide bonds. The molecule has 6 nitrogen and oxygen atoms in total. The standard InChI is InChI=1S/C14H20N2O4S/c17-21(18,15-5-8-16-6-1-2-7-16)12-3-4-13-14(11-12)20-10-9-19-13/h3-4,11,15H,1-2,5-10H2/p+1. The van der Waals surface area contributed by atoms with Crippen molar-refractivity contribution in [1.82, 2.24) is 4.72 Å². The Balaban J connectivity index is 1.63. The molecule has 2 aliphatic rings. The van der Waals surface area contributed by atoms with Gasteiger partial charge in [0.15, 0.2) is 11.5 Å². The van der Waals surface area contributed by atoms with Crippen molar-refractivity contribution >= 4 is 10.0 Å². The van der Waals surface area contributed by atoms with Crippen LogP contribution in [-0.4, -0.2) is 47.8 Å². The van der Waals surface area contributed by atoms with E-state index in [1.165, 1.54) is 23.8 Å². The van der Waals surface area contributed by atoms with E-state index in [4.69, 9.17) is 9.47 Å². The number of nitrogens with one attached hydrogen (secondary N) is 2. The van der Waals surface area contributed by atoms with Crippen LogP contribution in [0.5, 0.6) is 11.5 Å². The van der Waals surface area contributed by atoms with Gasteiger partial charge in [0.2, 0.25) is 10.0 Å². The Hall–Kier alpha value is -1.31. The number of ether oxygens (including phenoxy) is 2. The van der Waals surface area contributed by atoms with Crippen molar-refractivity contribution in [2.24, 2.45) is 0 Å². The van der Waals surface area contributed by atoms with Gasteiger partial charge in [-0.25, -0.2) is 13.1 Å². The van der Waals surface area contributed by atoms with Gasteiger partial charge < -0.3 is 14.4 Å². The Morgan fingerprint density at radius 2 is 1.81 bits per heavy atom. The number of quaternary nitrogens is 1. The first-order valence-corrected chi connectivity index (χ1v) is 8.86. The molecule has 0 unspecified atom stereocenters. The van der Waals surface area contributed by atoms with Gasteiger partial charge in [-0.1, -0.05) is 0 Å². The number of rotatable bonds is 5. The maximum absolute atomic E-state index is 12.3. The van der Waals surface area contributed by atoms with Gasteiger partial charge in [0.1, 0.15) is 13.2 Å². The molecule has 1 saturated heterocycles. The SMILES string of the molecule is O=S(=O)(NCC[NH+]1CCCC1)c1ccc2c(c1)OCCO2. The number of hydrogen-bond acceptors (Lipinski definition) is 4. The smallest absolute Gasteiger partial charge is 0.240 e. The van der Waals surface area contributed by atoms with Crippen LogP contribution < -0.4 is 19.1 Å². The first-order chi connectivity index (χ1) is 10.1. The summed E-state index contributed by atoms with van der Waals surface area (Å²) in [6, 6.07) is 4.73. The monoisotopic (exact) mass is 313 g/mol. The summed E-state index contributed by atoms with van der Waals surface area (Å²) < 4.78 is 38.0. The van der Waals surface area contributed by atoms with Crippen LogP contribution >= 0.6 is 0 Å². The number of benzene rings is 1. The largest absolute Gasteiger partial charge is 0.486 e. The molecule has 2 aliphatic heterocycles. The normalized spacial score (nSPS) is 18.9. The van der Waals surface area contributed by atoms with Gasteiger partial charge in [0.25, 0.3) is 0 Å². The zero-order valence-corrected chi connectivity index (χ0v) is 12.7. The number of fused-ring (bicyclic) bond motifs is 1. The molecular weight excluding hydrogens is 292 g/mol. The van der Waals surface area contributed by atoms with Crippen molar-refractivity contribution in [2.45, 2.75) is 17.7 Å². The van der Waals surface area contributed by atoms with E-state index in [1.54, 1.807) is 12.1 Å². The summed E-state index contributed by atoms with van der Waals surface area (Å²) in [5, 5.41) is 0. The third-order valence-electron chi connectivity index (χ3n) is 3.91. The highest BCUT2D eigenvalue weighted by Crippen LogP contribution is 2.32. The molecule has 1 aromatic rings. The van der Waals surface area contributed by atoms with Crippen LogP contribution in [0.4, 0.5) is 0 Å². The minimum atomic E-state index is -3.48. The highest BCUT2D eigenvalue weighted by atomic mass is 32.2. The molecule has 0 aromatic heterocycles. The zero-order valence-electron chi connectivity index (χ0n) is 11.9. The molecule has 7 heteroatoms. The van der Waals surface area contributed by atoms with E-state index >= 15 is 0 Å². The van der Waals surface area contributed by atoms with E-state index in [2.05, 4.69) is 4.72 Å². The van der Waals surface area contributed by atoms with Crippen LogP contribution in [0.15, 0.2) is 23.1 Å². The lowest BCUT2D eigenvalue weighted by molar-refractivity contribution is -0.886. The molecule has 0 radical (unpaired) electrons. The van der Waals surface area contributed by atoms with Crippen molar-refractivity contribution in [3.05, 3.63) is 18.2 Å². The molecule has 116 valence electrons. The summed E-state index contributed by atoms with van der Waals surface area (Å²) in [5.74, 6) is 1.09. The molecule has 2 N–H and O–H groups in total. The molecule has 21 heavy (non-hydrogen) atoms. The van der Waals surface area contributed by atoms with Crippen LogP contribution in [0.1, 0.15) is 12.8 Å². The summed E-state index contributed by atoms with van der Waals surface area (Å²) in [7, 11) is -3.48. The quantitative estimate of drug-likeness (QED) is 0.763. The molecule has 3 rings (SSSR count). The van der Waals surface area contributed by atoms with Gasteiger partial charge in [-0.05, 0) is 12.1 Å². The van der Waals surface area contributed by atoms with Gasteiger partial charge in [-0.15, -0.1) is 0 Å². The first kappa shape index (κ1) is 14.6. The molecule has 0 saturated carbocycles. The third-order valence-corrected chi connectivity index (χ3v) is 5.36. The van der Waals surface area contributed by atoms with Crippen molar-refractivity contribution < 1.29 is 22.8 Å². The summed E-state index contributed by atoms with van der Waals surface area (Å²) in [6.45, 7) is 4.53. The van der Waals surface area contributed by atoms with Crippen molar-refractivity contribution in [3.8, 4) is 11.5 Å². The van der Waals surface area contributed by atoms with Crippen LogP contribution in [0, 0.1) is 0 Å². The van der Waals surface area contributed by atoms with E-state index in [9.17, 15) is 8.42 Å². The van der Waals surface area contributed by atoms with E-state index in [1.807, 2.05) is 0 Å². The van der Waals surface area contributed by atoms with E-state index in [0.29, 0.717) is 31.3 Å². The Bertz CT molecular complexity index is 597. The minimum Gasteiger partial charge on any atom is -0.486 e. The predicted octanol–water partition coefficient (Wildman–Crippen LogP) is -0.585. The number of sulfonamides is 1. The molecule has 1 fully saturated rings. The van der Waals surface area contributed by atoms with E-state index in [-0.39, 0.29) is 4.90 Å². The molecule has 0 aliphatic carbocycles. The fraction of sp³-hybridized carbons (Fsp3) is 0.571.